The maximum atomic E-state index is 2.51. The lowest BCUT2D eigenvalue weighted by molar-refractivity contribution is -0.0310. The zero-order valence-corrected chi connectivity index (χ0v) is 11.8. The van der Waals surface area contributed by atoms with E-state index in [0.29, 0.717) is 10.8 Å². The Hall–Kier alpha value is 0. The van der Waals surface area contributed by atoms with Crippen molar-refractivity contribution in [3.8, 4) is 0 Å². The number of rotatable bonds is 1. The Labute approximate surface area is 102 Å². The average molecular weight is 221 g/mol. The van der Waals surface area contributed by atoms with Crippen LogP contribution >= 0.6 is 0 Å². The fourth-order valence-corrected chi connectivity index (χ4v) is 4.37. The summed E-state index contributed by atoms with van der Waals surface area (Å²) in [6.07, 6.45) is 9.80. The second-order valence-electron chi connectivity index (χ2n) is 7.38. The standard InChI is InChI=1S/C16H29/c1-6-16(5)11-14-13(10-12(16)2)8-7-9-15(14,3)4/h6,12-14H,7-11H2,1-5H3. The minimum Gasteiger partial charge on any atom is -0.0620 e. The Morgan fingerprint density at radius 3 is 2.50 bits per heavy atom. The summed E-state index contributed by atoms with van der Waals surface area (Å²) in [5.74, 6) is 2.87. The van der Waals surface area contributed by atoms with Gasteiger partial charge in [0.15, 0.2) is 0 Å². The topological polar surface area (TPSA) is 0 Å². The van der Waals surface area contributed by atoms with Gasteiger partial charge < -0.3 is 0 Å². The Morgan fingerprint density at radius 2 is 1.88 bits per heavy atom. The third-order valence-electron chi connectivity index (χ3n) is 6.07. The van der Waals surface area contributed by atoms with Crippen LogP contribution in [0.3, 0.4) is 0 Å². The molecule has 0 bridgehead atoms. The van der Waals surface area contributed by atoms with Crippen molar-refractivity contribution in [3.63, 3.8) is 0 Å². The lowest BCUT2D eigenvalue weighted by Gasteiger charge is -2.54. The molecule has 0 aliphatic heterocycles. The monoisotopic (exact) mass is 221 g/mol. The van der Waals surface area contributed by atoms with E-state index in [4.69, 9.17) is 0 Å². The molecule has 0 heteroatoms. The molecule has 0 spiro atoms. The zero-order valence-electron chi connectivity index (χ0n) is 11.8. The summed E-state index contributed by atoms with van der Waals surface area (Å²) >= 11 is 0. The van der Waals surface area contributed by atoms with Gasteiger partial charge in [-0.2, -0.15) is 0 Å². The predicted octanol–water partition coefficient (Wildman–Crippen LogP) is 5.09. The Balaban J connectivity index is 2.20. The van der Waals surface area contributed by atoms with Crippen molar-refractivity contribution in [2.24, 2.45) is 28.6 Å². The van der Waals surface area contributed by atoms with Gasteiger partial charge in [-0.05, 0) is 54.3 Å². The van der Waals surface area contributed by atoms with Crippen molar-refractivity contribution < 1.29 is 0 Å². The van der Waals surface area contributed by atoms with E-state index in [-0.39, 0.29) is 0 Å². The molecule has 0 N–H and O–H groups in total. The highest BCUT2D eigenvalue weighted by atomic mass is 14.5. The molecule has 2 aliphatic rings. The van der Waals surface area contributed by atoms with Crippen LogP contribution in [0, 0.1) is 35.0 Å². The molecule has 0 aromatic carbocycles. The van der Waals surface area contributed by atoms with Crippen molar-refractivity contribution in [1.29, 1.82) is 0 Å². The van der Waals surface area contributed by atoms with E-state index >= 15 is 0 Å². The van der Waals surface area contributed by atoms with Gasteiger partial charge in [-0.15, -0.1) is 0 Å². The van der Waals surface area contributed by atoms with Crippen molar-refractivity contribution in [3.05, 3.63) is 6.42 Å². The van der Waals surface area contributed by atoms with Crippen molar-refractivity contribution >= 4 is 0 Å². The summed E-state index contributed by atoms with van der Waals surface area (Å²) < 4.78 is 0. The van der Waals surface area contributed by atoms with Crippen LogP contribution in [0.2, 0.25) is 0 Å². The fourth-order valence-electron chi connectivity index (χ4n) is 4.37. The third kappa shape index (κ3) is 1.93. The number of hydrogen-bond acceptors (Lipinski definition) is 0. The van der Waals surface area contributed by atoms with Crippen LogP contribution in [-0.4, -0.2) is 0 Å². The van der Waals surface area contributed by atoms with E-state index in [2.05, 4.69) is 41.0 Å². The van der Waals surface area contributed by atoms with E-state index in [1.54, 1.807) is 0 Å². The molecule has 4 atom stereocenters. The highest BCUT2D eigenvalue weighted by Gasteiger charge is 2.48. The van der Waals surface area contributed by atoms with Gasteiger partial charge >= 0.3 is 0 Å². The second kappa shape index (κ2) is 4.03. The van der Waals surface area contributed by atoms with Crippen molar-refractivity contribution in [1.82, 2.24) is 0 Å². The van der Waals surface area contributed by atoms with E-state index < -0.39 is 0 Å². The van der Waals surface area contributed by atoms with Gasteiger partial charge in [-0.1, -0.05) is 47.5 Å². The Morgan fingerprint density at radius 1 is 1.19 bits per heavy atom. The van der Waals surface area contributed by atoms with Crippen molar-refractivity contribution in [2.75, 3.05) is 0 Å². The molecule has 4 unspecified atom stereocenters. The van der Waals surface area contributed by atoms with E-state index in [1.165, 1.54) is 32.1 Å². The molecule has 2 rings (SSSR count). The normalized spacial score (nSPS) is 47.4. The first-order valence-corrected chi connectivity index (χ1v) is 7.19. The van der Waals surface area contributed by atoms with Gasteiger partial charge in [0.25, 0.3) is 0 Å². The molecule has 2 aliphatic carbocycles. The Kier molecular flexibility index (Phi) is 3.14. The van der Waals surface area contributed by atoms with Gasteiger partial charge in [0.2, 0.25) is 0 Å². The Bertz CT molecular complexity index is 253. The van der Waals surface area contributed by atoms with Crippen LogP contribution in [0.1, 0.15) is 66.7 Å². The highest BCUT2D eigenvalue weighted by molar-refractivity contribution is 5.02. The smallest absolute Gasteiger partial charge is 0.0269 e. The molecule has 0 aromatic rings. The molecule has 0 saturated heterocycles. The summed E-state index contributed by atoms with van der Waals surface area (Å²) in [6, 6.07) is 0. The average Bonchev–Trinajstić information content (AvgIpc) is 2.21. The summed E-state index contributed by atoms with van der Waals surface area (Å²) in [4.78, 5) is 0. The van der Waals surface area contributed by atoms with Gasteiger partial charge in [0.05, 0.1) is 0 Å². The van der Waals surface area contributed by atoms with Crippen LogP contribution in [0.5, 0.6) is 0 Å². The summed E-state index contributed by atoms with van der Waals surface area (Å²) in [5.41, 5.74) is 1.09. The van der Waals surface area contributed by atoms with Gasteiger partial charge in [-0.25, -0.2) is 0 Å². The highest BCUT2D eigenvalue weighted by Crippen LogP contribution is 2.57. The number of hydrogen-bond donors (Lipinski definition) is 0. The predicted molar refractivity (Wildman–Crippen MR) is 71.1 cm³/mol. The molecule has 16 heavy (non-hydrogen) atoms. The fraction of sp³-hybridized carbons (Fsp3) is 0.938. The first kappa shape index (κ1) is 12.5. The SMILES string of the molecule is C[CH]C1(C)CC2C(CCCC2(C)C)CC1C. The quantitative estimate of drug-likeness (QED) is 0.578. The summed E-state index contributed by atoms with van der Waals surface area (Å²) in [6.45, 7) is 12.2. The molecule has 1 radical (unpaired) electrons. The van der Waals surface area contributed by atoms with Crippen LogP contribution in [0.4, 0.5) is 0 Å². The van der Waals surface area contributed by atoms with E-state index in [9.17, 15) is 0 Å². The second-order valence-corrected chi connectivity index (χ2v) is 7.38. The summed E-state index contributed by atoms with van der Waals surface area (Å²) in [5, 5.41) is 0. The van der Waals surface area contributed by atoms with Crippen LogP contribution in [-0.2, 0) is 0 Å². The first-order chi connectivity index (χ1) is 7.39. The molecule has 0 nitrogen and oxygen atoms in total. The molecule has 0 amide bonds. The molecule has 0 heterocycles. The third-order valence-corrected chi connectivity index (χ3v) is 6.07. The largest absolute Gasteiger partial charge is 0.0620 e. The van der Waals surface area contributed by atoms with Gasteiger partial charge in [-0.3, -0.25) is 0 Å². The molecule has 0 aromatic heterocycles. The zero-order chi connectivity index (χ0) is 12.0. The van der Waals surface area contributed by atoms with Crippen LogP contribution in [0.25, 0.3) is 0 Å². The molecular weight excluding hydrogens is 192 g/mol. The minimum absolute atomic E-state index is 0.496. The van der Waals surface area contributed by atoms with Crippen LogP contribution < -0.4 is 0 Å². The van der Waals surface area contributed by atoms with Gasteiger partial charge in [0.1, 0.15) is 0 Å². The minimum atomic E-state index is 0.496. The van der Waals surface area contributed by atoms with Gasteiger partial charge in [0, 0.05) is 0 Å². The summed E-state index contributed by atoms with van der Waals surface area (Å²) in [7, 11) is 0. The maximum absolute atomic E-state index is 2.51. The number of fused-ring (bicyclic) bond motifs is 1. The lowest BCUT2D eigenvalue weighted by atomic mass is 9.51. The van der Waals surface area contributed by atoms with Crippen LogP contribution in [0.15, 0.2) is 0 Å². The van der Waals surface area contributed by atoms with Crippen molar-refractivity contribution in [2.45, 2.75) is 66.7 Å². The lowest BCUT2D eigenvalue weighted by Crippen LogP contribution is -2.45. The maximum Gasteiger partial charge on any atom is -0.0269 e. The molecular formula is C16H29. The van der Waals surface area contributed by atoms with E-state index in [0.717, 1.165) is 17.8 Å². The molecule has 2 saturated carbocycles. The molecule has 93 valence electrons. The van der Waals surface area contributed by atoms with E-state index in [1.807, 2.05) is 0 Å². The molecule has 2 fully saturated rings. The first-order valence-electron chi connectivity index (χ1n) is 7.19.